The number of carboxylic acids is 1. The average molecular weight is 278 g/mol. The molecule has 0 aliphatic heterocycles. The number of aromatic carboxylic acids is 1. The molecule has 1 aromatic rings. The first-order valence-electron chi connectivity index (χ1n) is 4.99. The molecule has 0 bridgehead atoms. The minimum atomic E-state index is -3.27. The van der Waals surface area contributed by atoms with Gasteiger partial charge < -0.3 is 5.11 Å². The lowest BCUT2D eigenvalue weighted by Gasteiger charge is -2.07. The van der Waals surface area contributed by atoms with Gasteiger partial charge in [0.25, 0.3) is 0 Å². The van der Waals surface area contributed by atoms with E-state index in [0.29, 0.717) is 11.4 Å². The van der Waals surface area contributed by atoms with Crippen molar-refractivity contribution in [2.45, 2.75) is 25.5 Å². The molecule has 0 saturated heterocycles. The van der Waals surface area contributed by atoms with E-state index in [0.717, 1.165) is 0 Å². The van der Waals surface area contributed by atoms with E-state index in [1.165, 1.54) is 16.7 Å². The van der Waals surface area contributed by atoms with Gasteiger partial charge in [-0.25, -0.2) is 22.9 Å². The first-order chi connectivity index (χ1) is 7.83. The summed E-state index contributed by atoms with van der Waals surface area (Å²) in [5.41, 5.74) is -0.00304. The van der Waals surface area contributed by atoms with Crippen LogP contribution in [0.5, 0.6) is 0 Å². The number of hydrogen-bond donors (Lipinski definition) is 2. The molecule has 0 amide bonds. The number of carbonyl (C=O) groups is 1. The smallest absolute Gasteiger partial charge is 0.355 e. The third-order valence-electron chi connectivity index (χ3n) is 2.03. The van der Waals surface area contributed by atoms with Gasteiger partial charge in [0, 0.05) is 18.3 Å². The molecule has 8 heteroatoms. The topological polar surface area (TPSA) is 96.4 Å². The first-order valence-corrected chi connectivity index (χ1v) is 7.41. The Kier molecular flexibility index (Phi) is 4.61. The van der Waals surface area contributed by atoms with E-state index in [-0.39, 0.29) is 12.2 Å². The van der Waals surface area contributed by atoms with Crippen LogP contribution in [0.3, 0.4) is 0 Å². The Morgan fingerprint density at radius 2 is 2.24 bits per heavy atom. The summed E-state index contributed by atoms with van der Waals surface area (Å²) in [6.07, 6.45) is 0.393. The number of aromatic nitrogens is 1. The highest BCUT2D eigenvalue weighted by Gasteiger charge is 2.15. The van der Waals surface area contributed by atoms with Crippen LogP contribution in [0.2, 0.25) is 0 Å². The van der Waals surface area contributed by atoms with Crippen LogP contribution in [-0.2, 0) is 16.4 Å². The standard InChI is InChI=1S/C9H14N2O4S2/c1-6(2)17(14,15)10-4-3-8-11-7(5-16-8)9(12)13/h5-6,10H,3-4H2,1-2H3,(H,12,13). The van der Waals surface area contributed by atoms with Crippen LogP contribution < -0.4 is 4.72 Å². The summed E-state index contributed by atoms with van der Waals surface area (Å²) in [4.78, 5) is 14.4. The molecule has 0 aliphatic carbocycles. The molecule has 0 atom stereocenters. The second kappa shape index (κ2) is 5.56. The Morgan fingerprint density at radius 1 is 1.59 bits per heavy atom. The number of carboxylic acid groups (broad SMARTS) is 1. The predicted octanol–water partition coefficient (Wildman–Crippen LogP) is 0.712. The monoisotopic (exact) mass is 278 g/mol. The summed E-state index contributed by atoms with van der Waals surface area (Å²) < 4.78 is 25.3. The summed E-state index contributed by atoms with van der Waals surface area (Å²) >= 11 is 1.21. The van der Waals surface area contributed by atoms with E-state index in [1.807, 2.05) is 0 Å². The summed E-state index contributed by atoms with van der Waals surface area (Å²) in [5, 5.41) is 10.2. The molecular weight excluding hydrogens is 264 g/mol. The van der Waals surface area contributed by atoms with Crippen molar-refractivity contribution in [1.82, 2.24) is 9.71 Å². The van der Waals surface area contributed by atoms with E-state index >= 15 is 0 Å². The number of nitrogens with one attached hydrogen (secondary N) is 1. The highest BCUT2D eigenvalue weighted by molar-refractivity contribution is 7.90. The molecule has 2 N–H and O–H groups in total. The largest absolute Gasteiger partial charge is 0.476 e. The first kappa shape index (κ1) is 14.1. The Labute approximate surface area is 104 Å². The number of nitrogens with zero attached hydrogens (tertiary/aromatic N) is 1. The number of hydrogen-bond acceptors (Lipinski definition) is 5. The van der Waals surface area contributed by atoms with Gasteiger partial charge in [0.2, 0.25) is 10.0 Å². The molecule has 0 radical (unpaired) electrons. The molecule has 6 nitrogen and oxygen atoms in total. The van der Waals surface area contributed by atoms with E-state index < -0.39 is 21.2 Å². The second-order valence-corrected chi connectivity index (χ2v) is 6.93. The molecule has 1 heterocycles. The molecule has 0 spiro atoms. The Morgan fingerprint density at radius 3 is 2.71 bits per heavy atom. The van der Waals surface area contributed by atoms with E-state index in [1.54, 1.807) is 13.8 Å². The summed E-state index contributed by atoms with van der Waals surface area (Å²) in [7, 11) is -3.27. The van der Waals surface area contributed by atoms with Gasteiger partial charge in [0.05, 0.1) is 10.3 Å². The zero-order valence-electron chi connectivity index (χ0n) is 9.50. The molecule has 0 unspecified atom stereocenters. The van der Waals surface area contributed by atoms with E-state index in [9.17, 15) is 13.2 Å². The fourth-order valence-corrected chi connectivity index (χ4v) is 2.48. The van der Waals surface area contributed by atoms with Gasteiger partial charge in [-0.2, -0.15) is 0 Å². The molecule has 96 valence electrons. The maximum atomic E-state index is 11.4. The van der Waals surface area contributed by atoms with Crippen molar-refractivity contribution in [2.75, 3.05) is 6.54 Å². The molecule has 0 fully saturated rings. The minimum Gasteiger partial charge on any atom is -0.476 e. The van der Waals surface area contributed by atoms with Crippen LogP contribution in [0, 0.1) is 0 Å². The Hall–Kier alpha value is -0.990. The molecule has 17 heavy (non-hydrogen) atoms. The van der Waals surface area contributed by atoms with Crippen LogP contribution in [0.25, 0.3) is 0 Å². The lowest BCUT2D eigenvalue weighted by molar-refractivity contribution is 0.0691. The van der Waals surface area contributed by atoms with Gasteiger partial charge >= 0.3 is 5.97 Å². The molecule has 0 aromatic carbocycles. The fraction of sp³-hybridized carbons (Fsp3) is 0.556. The number of thiazole rings is 1. The zero-order valence-corrected chi connectivity index (χ0v) is 11.1. The maximum Gasteiger partial charge on any atom is 0.355 e. The van der Waals surface area contributed by atoms with Crippen LogP contribution in [0.4, 0.5) is 0 Å². The lowest BCUT2D eigenvalue weighted by atomic mass is 10.4. The molecule has 0 saturated carbocycles. The van der Waals surface area contributed by atoms with Crippen molar-refractivity contribution in [3.05, 3.63) is 16.1 Å². The third kappa shape index (κ3) is 4.06. The van der Waals surface area contributed by atoms with Gasteiger partial charge in [-0.3, -0.25) is 0 Å². The van der Waals surface area contributed by atoms with Crippen molar-refractivity contribution in [3.8, 4) is 0 Å². The number of rotatable bonds is 6. The van der Waals surface area contributed by atoms with Gasteiger partial charge in [-0.15, -0.1) is 11.3 Å². The van der Waals surface area contributed by atoms with Crippen LogP contribution >= 0.6 is 11.3 Å². The van der Waals surface area contributed by atoms with Crippen molar-refractivity contribution in [2.24, 2.45) is 0 Å². The molecule has 1 rings (SSSR count). The quantitative estimate of drug-likeness (QED) is 0.799. The summed E-state index contributed by atoms with van der Waals surface area (Å²) in [6, 6.07) is 0. The van der Waals surface area contributed by atoms with Gasteiger partial charge in [-0.05, 0) is 13.8 Å². The van der Waals surface area contributed by atoms with Gasteiger partial charge in [0.1, 0.15) is 0 Å². The Bertz CT molecular complexity index is 493. The fourth-order valence-electron chi connectivity index (χ4n) is 0.991. The predicted molar refractivity (Wildman–Crippen MR) is 64.8 cm³/mol. The zero-order chi connectivity index (χ0) is 13.1. The van der Waals surface area contributed by atoms with Crippen molar-refractivity contribution >= 4 is 27.3 Å². The van der Waals surface area contributed by atoms with Crippen LogP contribution in [0.15, 0.2) is 5.38 Å². The van der Waals surface area contributed by atoms with Gasteiger partial charge in [-0.1, -0.05) is 0 Å². The van der Waals surface area contributed by atoms with Gasteiger partial charge in [0.15, 0.2) is 5.69 Å². The van der Waals surface area contributed by atoms with Crippen molar-refractivity contribution in [1.29, 1.82) is 0 Å². The second-order valence-electron chi connectivity index (χ2n) is 3.67. The van der Waals surface area contributed by atoms with E-state index in [2.05, 4.69) is 9.71 Å². The molecule has 0 aliphatic rings. The SMILES string of the molecule is CC(C)S(=O)(=O)NCCc1nc(C(=O)O)cs1. The Balaban J connectivity index is 2.49. The van der Waals surface area contributed by atoms with E-state index in [4.69, 9.17) is 5.11 Å². The van der Waals surface area contributed by atoms with Crippen molar-refractivity contribution < 1.29 is 18.3 Å². The third-order valence-corrected chi connectivity index (χ3v) is 4.79. The van der Waals surface area contributed by atoms with Crippen LogP contribution in [-0.4, -0.2) is 36.3 Å². The summed E-state index contributed by atoms with van der Waals surface area (Å²) in [6.45, 7) is 3.41. The average Bonchev–Trinajstić information content (AvgIpc) is 2.66. The number of sulfonamides is 1. The van der Waals surface area contributed by atoms with Crippen molar-refractivity contribution in [3.63, 3.8) is 0 Å². The van der Waals surface area contributed by atoms with Crippen LogP contribution in [0.1, 0.15) is 29.3 Å². The lowest BCUT2D eigenvalue weighted by Crippen LogP contribution is -2.32. The minimum absolute atomic E-state index is 0.00304. The highest BCUT2D eigenvalue weighted by atomic mass is 32.2. The summed E-state index contributed by atoms with van der Waals surface area (Å²) in [5.74, 6) is -1.07. The maximum absolute atomic E-state index is 11.4. The molecule has 1 aromatic heterocycles. The molecular formula is C9H14N2O4S2. The normalized spacial score (nSPS) is 11.9. The highest BCUT2D eigenvalue weighted by Crippen LogP contribution is 2.10.